The summed E-state index contributed by atoms with van der Waals surface area (Å²) in [5.41, 5.74) is 1.39. The number of rotatable bonds is 4. The van der Waals surface area contributed by atoms with Crippen LogP contribution in [0.4, 0.5) is 0 Å². The maximum atomic E-state index is 12.6. The molecule has 1 aliphatic heterocycles. The van der Waals surface area contributed by atoms with E-state index in [1.807, 2.05) is 37.3 Å². The van der Waals surface area contributed by atoms with E-state index in [-0.39, 0.29) is 17.9 Å². The molecule has 3 rings (SSSR count). The molecule has 22 heavy (non-hydrogen) atoms. The summed E-state index contributed by atoms with van der Waals surface area (Å²) in [7, 11) is -3.47. The Morgan fingerprint density at radius 3 is 2.73 bits per heavy atom. The molecular formula is C15H18N2O4S. The predicted octanol–water partition coefficient (Wildman–Crippen LogP) is 1.97. The lowest BCUT2D eigenvalue weighted by Gasteiger charge is -2.37. The van der Waals surface area contributed by atoms with Gasteiger partial charge in [-0.25, -0.2) is 8.42 Å². The maximum Gasteiger partial charge on any atom is 0.220 e. The largest absolute Gasteiger partial charge is 0.370 e. The lowest BCUT2D eigenvalue weighted by molar-refractivity contribution is -0.0289. The molecule has 6 nitrogen and oxygen atoms in total. The Morgan fingerprint density at radius 2 is 2.05 bits per heavy atom. The van der Waals surface area contributed by atoms with E-state index in [0.717, 1.165) is 5.56 Å². The van der Waals surface area contributed by atoms with Crippen molar-refractivity contribution in [3.8, 4) is 0 Å². The molecule has 2 aromatic rings. The predicted molar refractivity (Wildman–Crippen MR) is 80.4 cm³/mol. The van der Waals surface area contributed by atoms with E-state index in [1.165, 1.54) is 10.6 Å². The van der Waals surface area contributed by atoms with Crippen molar-refractivity contribution in [2.45, 2.75) is 24.8 Å². The normalized spacial score (nSPS) is 23.5. The van der Waals surface area contributed by atoms with E-state index in [2.05, 4.69) is 5.16 Å². The highest BCUT2D eigenvalue weighted by Gasteiger charge is 2.35. The molecule has 0 amide bonds. The van der Waals surface area contributed by atoms with Gasteiger partial charge in [0.2, 0.25) is 10.0 Å². The molecule has 0 unspecified atom stereocenters. The number of sulfonamides is 1. The van der Waals surface area contributed by atoms with E-state index in [1.54, 1.807) is 6.07 Å². The molecule has 118 valence electrons. The molecule has 2 atom stereocenters. The van der Waals surface area contributed by atoms with E-state index in [4.69, 9.17) is 9.26 Å². The van der Waals surface area contributed by atoms with Gasteiger partial charge in [-0.2, -0.15) is 4.31 Å². The first-order chi connectivity index (χ1) is 10.6. The smallest absolute Gasteiger partial charge is 0.220 e. The van der Waals surface area contributed by atoms with Crippen molar-refractivity contribution < 1.29 is 17.7 Å². The minimum absolute atomic E-state index is 0.157. The van der Waals surface area contributed by atoms with Crippen LogP contribution in [-0.4, -0.2) is 37.1 Å². The van der Waals surface area contributed by atoms with Crippen molar-refractivity contribution in [1.82, 2.24) is 9.46 Å². The number of nitrogens with zero attached hydrogens (tertiary/aromatic N) is 2. The van der Waals surface area contributed by atoms with Gasteiger partial charge in [0.1, 0.15) is 12.0 Å². The molecule has 0 radical (unpaired) electrons. The first kappa shape index (κ1) is 15.2. The Balaban J connectivity index is 1.79. The van der Waals surface area contributed by atoms with Crippen LogP contribution in [0.3, 0.4) is 0 Å². The molecule has 0 spiro atoms. The van der Waals surface area contributed by atoms with Crippen molar-refractivity contribution >= 4 is 10.0 Å². The fourth-order valence-electron chi connectivity index (χ4n) is 2.57. The maximum absolute atomic E-state index is 12.6. The Hall–Kier alpha value is -1.70. The molecule has 1 aliphatic rings. The molecule has 0 bridgehead atoms. The molecule has 1 saturated heterocycles. The van der Waals surface area contributed by atoms with Gasteiger partial charge in [0.25, 0.3) is 0 Å². The van der Waals surface area contributed by atoms with Crippen LogP contribution < -0.4 is 0 Å². The molecule has 7 heteroatoms. The summed E-state index contributed by atoms with van der Waals surface area (Å²) in [5.74, 6) is -0.157. The lowest BCUT2D eigenvalue weighted by Crippen LogP contribution is -2.48. The summed E-state index contributed by atoms with van der Waals surface area (Å²) in [6.45, 7) is 2.53. The van der Waals surface area contributed by atoms with Gasteiger partial charge in [-0.15, -0.1) is 0 Å². The quantitative estimate of drug-likeness (QED) is 0.860. The second kappa shape index (κ2) is 6.20. The Morgan fingerprint density at radius 1 is 1.27 bits per heavy atom. The van der Waals surface area contributed by atoms with Gasteiger partial charge in [-0.3, -0.25) is 0 Å². The summed E-state index contributed by atoms with van der Waals surface area (Å²) in [6, 6.07) is 11.0. The fourth-order valence-corrected chi connectivity index (χ4v) is 4.23. The van der Waals surface area contributed by atoms with E-state index in [0.29, 0.717) is 18.8 Å². The van der Waals surface area contributed by atoms with Gasteiger partial charge >= 0.3 is 0 Å². The van der Waals surface area contributed by atoms with Crippen LogP contribution in [0.15, 0.2) is 47.2 Å². The molecule has 1 aromatic carbocycles. The number of morpholine rings is 1. The molecular weight excluding hydrogens is 304 g/mol. The van der Waals surface area contributed by atoms with Gasteiger partial charge in [0, 0.05) is 18.7 Å². The van der Waals surface area contributed by atoms with Crippen molar-refractivity contribution in [3.05, 3.63) is 53.9 Å². The number of ether oxygens (including phenoxy) is 1. The molecule has 1 aromatic heterocycles. The highest BCUT2D eigenvalue weighted by molar-refractivity contribution is 7.88. The van der Waals surface area contributed by atoms with Crippen molar-refractivity contribution in [2.75, 3.05) is 13.2 Å². The van der Waals surface area contributed by atoms with Crippen LogP contribution in [0, 0.1) is 0 Å². The van der Waals surface area contributed by atoms with Crippen molar-refractivity contribution in [2.24, 2.45) is 0 Å². The van der Waals surface area contributed by atoms with E-state index in [9.17, 15) is 8.42 Å². The van der Waals surface area contributed by atoms with Gasteiger partial charge < -0.3 is 9.26 Å². The van der Waals surface area contributed by atoms with Crippen LogP contribution in [0.5, 0.6) is 0 Å². The fraction of sp³-hybridized carbons (Fsp3) is 0.400. The van der Waals surface area contributed by atoms with Gasteiger partial charge in [0.05, 0.1) is 18.4 Å². The molecule has 2 heterocycles. The van der Waals surface area contributed by atoms with Gasteiger partial charge in [-0.05, 0) is 12.5 Å². The Kier molecular flexibility index (Phi) is 4.28. The molecule has 0 saturated carbocycles. The summed E-state index contributed by atoms with van der Waals surface area (Å²) in [6.07, 6.45) is 1.13. The van der Waals surface area contributed by atoms with E-state index < -0.39 is 10.0 Å². The van der Waals surface area contributed by atoms with Crippen molar-refractivity contribution in [3.63, 3.8) is 0 Å². The zero-order valence-electron chi connectivity index (χ0n) is 12.3. The second-order valence-corrected chi connectivity index (χ2v) is 7.32. The van der Waals surface area contributed by atoms with E-state index >= 15 is 0 Å². The van der Waals surface area contributed by atoms with Crippen LogP contribution in [0.2, 0.25) is 0 Å². The monoisotopic (exact) mass is 322 g/mol. The zero-order valence-corrected chi connectivity index (χ0v) is 13.1. The number of hydrogen-bond acceptors (Lipinski definition) is 5. The number of aromatic nitrogens is 1. The Bertz CT molecular complexity index is 700. The summed E-state index contributed by atoms with van der Waals surface area (Å²) in [5, 5.41) is 3.69. The Labute approximate surface area is 129 Å². The lowest BCUT2D eigenvalue weighted by atomic mass is 10.1. The third-order valence-electron chi connectivity index (χ3n) is 3.73. The topological polar surface area (TPSA) is 72.6 Å². The van der Waals surface area contributed by atoms with Gasteiger partial charge in [0.15, 0.2) is 0 Å². The number of hydrogen-bond donors (Lipinski definition) is 0. The molecule has 1 fully saturated rings. The average Bonchev–Trinajstić information content (AvgIpc) is 3.00. The summed E-state index contributed by atoms with van der Waals surface area (Å²) in [4.78, 5) is 0. The van der Waals surface area contributed by atoms with Crippen LogP contribution in [0.25, 0.3) is 0 Å². The first-order valence-corrected chi connectivity index (χ1v) is 8.72. The number of benzene rings is 1. The third-order valence-corrected chi connectivity index (χ3v) is 5.61. The SMILES string of the molecule is C[C@H]1CO[C@H](c2ccccc2)CN1S(=O)(=O)Cc1ccon1. The van der Waals surface area contributed by atoms with Crippen LogP contribution in [0.1, 0.15) is 24.3 Å². The van der Waals surface area contributed by atoms with Crippen LogP contribution >= 0.6 is 0 Å². The van der Waals surface area contributed by atoms with Gasteiger partial charge in [-0.1, -0.05) is 35.5 Å². The standard InChI is InChI=1S/C15H18N2O4S/c1-12-10-20-15(13-5-3-2-4-6-13)9-17(12)22(18,19)11-14-7-8-21-16-14/h2-8,12,15H,9-11H2,1H3/t12-,15-/m0/s1. The molecule has 0 N–H and O–H groups in total. The van der Waals surface area contributed by atoms with Crippen LogP contribution in [-0.2, 0) is 20.5 Å². The second-order valence-electron chi connectivity index (χ2n) is 5.40. The highest BCUT2D eigenvalue weighted by Crippen LogP contribution is 2.27. The minimum Gasteiger partial charge on any atom is -0.370 e. The van der Waals surface area contributed by atoms with Crippen molar-refractivity contribution in [1.29, 1.82) is 0 Å². The third kappa shape index (κ3) is 3.21. The first-order valence-electron chi connectivity index (χ1n) is 7.11. The zero-order chi connectivity index (χ0) is 15.6. The average molecular weight is 322 g/mol. The minimum atomic E-state index is -3.47. The highest BCUT2D eigenvalue weighted by atomic mass is 32.2. The molecule has 0 aliphatic carbocycles. The summed E-state index contributed by atoms with van der Waals surface area (Å²) < 4.78 is 37.3. The summed E-state index contributed by atoms with van der Waals surface area (Å²) >= 11 is 0.